The van der Waals surface area contributed by atoms with Gasteiger partial charge in [-0.2, -0.15) is 0 Å². The van der Waals surface area contributed by atoms with Crippen LogP contribution >= 0.6 is 0 Å². The standard InChI is InChI=1S/C15H19N3O/c1-18-8-9-19-12(11-18)10-17-15-6-7-16-14-5-3-2-4-13(14)15/h2-7,12H,8-11H2,1H3,(H,16,17). The fourth-order valence-corrected chi connectivity index (χ4v) is 2.46. The predicted molar refractivity (Wildman–Crippen MR) is 77.5 cm³/mol. The van der Waals surface area contributed by atoms with Gasteiger partial charge in [0.15, 0.2) is 0 Å². The number of hydrogen-bond donors (Lipinski definition) is 1. The summed E-state index contributed by atoms with van der Waals surface area (Å²) >= 11 is 0. The summed E-state index contributed by atoms with van der Waals surface area (Å²) in [7, 11) is 2.14. The third-order valence-electron chi connectivity index (χ3n) is 3.51. The van der Waals surface area contributed by atoms with Crippen LogP contribution in [0.5, 0.6) is 0 Å². The van der Waals surface area contributed by atoms with Gasteiger partial charge in [0.25, 0.3) is 0 Å². The maximum Gasteiger partial charge on any atom is 0.0874 e. The molecular formula is C15H19N3O. The number of morpholine rings is 1. The van der Waals surface area contributed by atoms with E-state index < -0.39 is 0 Å². The molecule has 2 aromatic rings. The lowest BCUT2D eigenvalue weighted by atomic mass is 10.2. The van der Waals surface area contributed by atoms with Crippen LogP contribution in [0.2, 0.25) is 0 Å². The molecule has 1 N–H and O–H groups in total. The molecule has 3 rings (SSSR count). The van der Waals surface area contributed by atoms with Crippen LogP contribution in [0.15, 0.2) is 36.5 Å². The topological polar surface area (TPSA) is 37.4 Å². The van der Waals surface area contributed by atoms with Crippen LogP contribution < -0.4 is 5.32 Å². The summed E-state index contributed by atoms with van der Waals surface area (Å²) in [5, 5.41) is 4.65. The SMILES string of the molecule is CN1CCOC(CNc2ccnc3ccccc23)C1. The maximum atomic E-state index is 5.76. The van der Waals surface area contributed by atoms with Crippen molar-refractivity contribution in [1.82, 2.24) is 9.88 Å². The van der Waals surface area contributed by atoms with Gasteiger partial charge >= 0.3 is 0 Å². The summed E-state index contributed by atoms with van der Waals surface area (Å²) in [6.07, 6.45) is 2.10. The van der Waals surface area contributed by atoms with Crippen LogP contribution in [0.3, 0.4) is 0 Å². The van der Waals surface area contributed by atoms with Crippen LogP contribution in [0.1, 0.15) is 0 Å². The largest absolute Gasteiger partial charge is 0.382 e. The van der Waals surface area contributed by atoms with Gasteiger partial charge < -0.3 is 15.0 Å². The van der Waals surface area contributed by atoms with E-state index in [2.05, 4.69) is 28.3 Å². The minimum Gasteiger partial charge on any atom is -0.382 e. The van der Waals surface area contributed by atoms with E-state index in [1.807, 2.05) is 30.5 Å². The molecule has 1 aromatic heterocycles. The summed E-state index contributed by atoms with van der Waals surface area (Å²) in [6, 6.07) is 10.2. The molecule has 1 aliphatic heterocycles. The molecule has 1 unspecified atom stereocenters. The van der Waals surface area contributed by atoms with E-state index in [0.29, 0.717) is 0 Å². The van der Waals surface area contributed by atoms with Gasteiger partial charge in [-0.15, -0.1) is 0 Å². The van der Waals surface area contributed by atoms with Crippen molar-refractivity contribution < 1.29 is 4.74 Å². The van der Waals surface area contributed by atoms with Gasteiger partial charge in [-0.3, -0.25) is 4.98 Å². The second-order valence-corrected chi connectivity index (χ2v) is 5.01. The first-order chi connectivity index (χ1) is 9.33. The monoisotopic (exact) mass is 257 g/mol. The van der Waals surface area contributed by atoms with Crippen LogP contribution in [0.4, 0.5) is 5.69 Å². The van der Waals surface area contributed by atoms with E-state index in [4.69, 9.17) is 4.74 Å². The zero-order valence-corrected chi connectivity index (χ0v) is 11.2. The lowest BCUT2D eigenvalue weighted by molar-refractivity contribution is -0.0117. The summed E-state index contributed by atoms with van der Waals surface area (Å²) in [6.45, 7) is 3.66. The van der Waals surface area contributed by atoms with Crippen molar-refractivity contribution >= 4 is 16.6 Å². The van der Waals surface area contributed by atoms with Crippen LogP contribution in [0, 0.1) is 0 Å². The first kappa shape index (κ1) is 12.4. The fraction of sp³-hybridized carbons (Fsp3) is 0.400. The Hall–Kier alpha value is -1.65. The Morgan fingerprint density at radius 1 is 1.37 bits per heavy atom. The van der Waals surface area contributed by atoms with E-state index >= 15 is 0 Å². The van der Waals surface area contributed by atoms with Gasteiger partial charge in [-0.1, -0.05) is 18.2 Å². The Bertz CT molecular complexity index is 553. The second-order valence-electron chi connectivity index (χ2n) is 5.01. The first-order valence-electron chi connectivity index (χ1n) is 6.71. The molecule has 0 saturated carbocycles. The number of aromatic nitrogens is 1. The number of para-hydroxylation sites is 1. The smallest absolute Gasteiger partial charge is 0.0874 e. The molecule has 0 amide bonds. The van der Waals surface area contributed by atoms with Crippen LogP contribution in [-0.2, 0) is 4.74 Å². The second kappa shape index (κ2) is 5.55. The van der Waals surface area contributed by atoms with Crippen molar-refractivity contribution in [2.45, 2.75) is 6.10 Å². The molecule has 100 valence electrons. The van der Waals surface area contributed by atoms with Gasteiger partial charge in [0.05, 0.1) is 18.2 Å². The minimum atomic E-state index is 0.255. The minimum absolute atomic E-state index is 0.255. The molecule has 1 aromatic carbocycles. The molecule has 19 heavy (non-hydrogen) atoms. The third-order valence-corrected chi connectivity index (χ3v) is 3.51. The summed E-state index contributed by atoms with van der Waals surface area (Å²) < 4.78 is 5.76. The van der Waals surface area contributed by atoms with E-state index in [1.165, 1.54) is 0 Å². The molecule has 4 heteroatoms. The van der Waals surface area contributed by atoms with Crippen LogP contribution in [-0.4, -0.2) is 49.3 Å². The van der Waals surface area contributed by atoms with Gasteiger partial charge in [-0.05, 0) is 19.2 Å². The van der Waals surface area contributed by atoms with E-state index in [9.17, 15) is 0 Å². The number of ether oxygens (including phenoxy) is 1. The zero-order valence-electron chi connectivity index (χ0n) is 11.2. The Morgan fingerprint density at radius 3 is 3.16 bits per heavy atom. The number of fused-ring (bicyclic) bond motifs is 1. The Labute approximate surface area is 113 Å². The molecule has 1 saturated heterocycles. The van der Waals surface area contributed by atoms with Crippen molar-refractivity contribution in [1.29, 1.82) is 0 Å². The molecule has 1 atom stereocenters. The lowest BCUT2D eigenvalue weighted by Crippen LogP contribution is -2.43. The van der Waals surface area contributed by atoms with Gasteiger partial charge in [-0.25, -0.2) is 0 Å². The summed E-state index contributed by atoms with van der Waals surface area (Å²) in [5.41, 5.74) is 2.15. The van der Waals surface area contributed by atoms with E-state index in [1.54, 1.807) is 0 Å². The van der Waals surface area contributed by atoms with Crippen molar-refractivity contribution in [3.05, 3.63) is 36.5 Å². The molecule has 2 heterocycles. The number of anilines is 1. The number of rotatable bonds is 3. The molecular weight excluding hydrogens is 238 g/mol. The van der Waals surface area contributed by atoms with E-state index in [0.717, 1.165) is 42.8 Å². The Balaban J connectivity index is 1.71. The Morgan fingerprint density at radius 2 is 2.26 bits per heavy atom. The molecule has 0 radical (unpaired) electrons. The zero-order chi connectivity index (χ0) is 13.1. The number of nitrogens with zero attached hydrogens (tertiary/aromatic N) is 2. The number of pyridine rings is 1. The number of likely N-dealkylation sites (N-methyl/N-ethyl adjacent to an activating group) is 1. The molecule has 0 spiro atoms. The predicted octanol–water partition coefficient (Wildman–Crippen LogP) is 1.98. The van der Waals surface area contributed by atoms with Gasteiger partial charge in [0, 0.05) is 36.9 Å². The third kappa shape index (κ3) is 2.85. The van der Waals surface area contributed by atoms with Crippen molar-refractivity contribution in [3.63, 3.8) is 0 Å². The number of nitrogens with one attached hydrogen (secondary N) is 1. The van der Waals surface area contributed by atoms with Crippen molar-refractivity contribution in [2.75, 3.05) is 38.6 Å². The molecule has 4 nitrogen and oxygen atoms in total. The molecule has 0 bridgehead atoms. The normalized spacial score (nSPS) is 20.6. The molecule has 1 fully saturated rings. The van der Waals surface area contributed by atoms with Crippen LogP contribution in [0.25, 0.3) is 10.9 Å². The number of benzene rings is 1. The quantitative estimate of drug-likeness (QED) is 0.912. The summed E-state index contributed by atoms with van der Waals surface area (Å²) in [4.78, 5) is 6.68. The highest BCUT2D eigenvalue weighted by atomic mass is 16.5. The highest BCUT2D eigenvalue weighted by Crippen LogP contribution is 2.21. The van der Waals surface area contributed by atoms with Crippen molar-refractivity contribution in [3.8, 4) is 0 Å². The molecule has 0 aliphatic carbocycles. The fourth-order valence-electron chi connectivity index (χ4n) is 2.46. The number of hydrogen-bond acceptors (Lipinski definition) is 4. The average Bonchev–Trinajstić information content (AvgIpc) is 2.45. The van der Waals surface area contributed by atoms with Gasteiger partial charge in [0.2, 0.25) is 0 Å². The molecule has 1 aliphatic rings. The highest BCUT2D eigenvalue weighted by Gasteiger charge is 2.17. The Kier molecular flexibility index (Phi) is 3.62. The van der Waals surface area contributed by atoms with Gasteiger partial charge in [0.1, 0.15) is 0 Å². The lowest BCUT2D eigenvalue weighted by Gasteiger charge is -2.30. The van der Waals surface area contributed by atoms with Crippen molar-refractivity contribution in [2.24, 2.45) is 0 Å². The maximum absolute atomic E-state index is 5.76. The summed E-state index contributed by atoms with van der Waals surface area (Å²) in [5.74, 6) is 0. The average molecular weight is 257 g/mol. The first-order valence-corrected chi connectivity index (χ1v) is 6.71. The van der Waals surface area contributed by atoms with E-state index in [-0.39, 0.29) is 6.10 Å². The highest BCUT2D eigenvalue weighted by molar-refractivity contribution is 5.90.